The number of fused-ring (bicyclic) bond motifs is 1. The maximum absolute atomic E-state index is 12.1. The molecule has 1 amide bonds. The van der Waals surface area contributed by atoms with Crippen molar-refractivity contribution in [2.45, 2.75) is 51.1 Å². The molecule has 7 heteroatoms. The second-order valence-corrected chi connectivity index (χ2v) is 6.89. The number of rotatable bonds is 7. The summed E-state index contributed by atoms with van der Waals surface area (Å²) in [7, 11) is 0. The third kappa shape index (κ3) is 5.35. The minimum atomic E-state index is -0.284. The van der Waals surface area contributed by atoms with Gasteiger partial charge in [-0.3, -0.25) is 9.59 Å². The smallest absolute Gasteiger partial charge is 0.267 e. The van der Waals surface area contributed by atoms with E-state index in [9.17, 15) is 14.7 Å². The fourth-order valence-electron chi connectivity index (χ4n) is 2.77. The van der Waals surface area contributed by atoms with Gasteiger partial charge in [0.15, 0.2) is 0 Å². The van der Waals surface area contributed by atoms with Crippen LogP contribution in [0, 0.1) is 0 Å². The molecule has 0 aliphatic heterocycles. The van der Waals surface area contributed by atoms with E-state index >= 15 is 0 Å². The lowest BCUT2D eigenvalue weighted by Crippen LogP contribution is -2.41. The van der Waals surface area contributed by atoms with Crippen molar-refractivity contribution in [3.05, 3.63) is 27.7 Å². The Hall–Kier alpha value is -1.34. The summed E-state index contributed by atoms with van der Waals surface area (Å²) >= 11 is 1.67. The van der Waals surface area contributed by atoms with Crippen LogP contribution in [0.5, 0.6) is 0 Å². The molecule has 1 aliphatic rings. The van der Waals surface area contributed by atoms with Crippen LogP contribution in [-0.2, 0) is 24.2 Å². The van der Waals surface area contributed by atoms with E-state index in [0.29, 0.717) is 6.42 Å². The van der Waals surface area contributed by atoms with Crippen LogP contribution in [-0.4, -0.2) is 45.5 Å². The van der Waals surface area contributed by atoms with Gasteiger partial charge in [0.1, 0.15) is 6.54 Å². The molecule has 0 spiro atoms. The van der Waals surface area contributed by atoms with E-state index in [4.69, 9.17) is 0 Å². The third-order valence-corrected chi connectivity index (χ3v) is 4.72. The van der Waals surface area contributed by atoms with E-state index in [1.807, 2.05) is 6.26 Å². The first kappa shape index (κ1) is 18.0. The Morgan fingerprint density at radius 3 is 2.96 bits per heavy atom. The molecule has 0 radical (unpaired) electrons. The van der Waals surface area contributed by atoms with Crippen molar-refractivity contribution in [1.29, 1.82) is 0 Å². The summed E-state index contributed by atoms with van der Waals surface area (Å²) < 4.78 is 1.24. The molecule has 0 saturated heterocycles. The van der Waals surface area contributed by atoms with Gasteiger partial charge in [0.25, 0.3) is 5.56 Å². The summed E-state index contributed by atoms with van der Waals surface area (Å²) in [5.74, 6) is 0.580. The van der Waals surface area contributed by atoms with Gasteiger partial charge in [-0.15, -0.1) is 0 Å². The SMILES string of the molecule is CSCC[C@@H](CO)NC(=O)Cn1nc2c(cc1=O)CCCCC2. The Balaban J connectivity index is 2.03. The average Bonchev–Trinajstić information content (AvgIpc) is 2.76. The highest BCUT2D eigenvalue weighted by atomic mass is 32.2. The van der Waals surface area contributed by atoms with Gasteiger partial charge < -0.3 is 10.4 Å². The highest BCUT2D eigenvalue weighted by molar-refractivity contribution is 7.98. The van der Waals surface area contributed by atoms with Gasteiger partial charge in [-0.2, -0.15) is 16.9 Å². The van der Waals surface area contributed by atoms with E-state index in [1.165, 1.54) is 4.68 Å². The first-order valence-corrected chi connectivity index (χ1v) is 9.52. The number of hydrogen-bond acceptors (Lipinski definition) is 5. The van der Waals surface area contributed by atoms with Gasteiger partial charge in [-0.1, -0.05) is 6.42 Å². The second-order valence-electron chi connectivity index (χ2n) is 5.90. The van der Waals surface area contributed by atoms with E-state index in [1.54, 1.807) is 17.8 Å². The lowest BCUT2D eigenvalue weighted by molar-refractivity contribution is -0.123. The molecule has 2 rings (SSSR count). The van der Waals surface area contributed by atoms with Crippen molar-refractivity contribution < 1.29 is 9.90 Å². The van der Waals surface area contributed by atoms with Crippen molar-refractivity contribution in [1.82, 2.24) is 15.1 Å². The molecule has 0 bridgehead atoms. The standard InChI is InChI=1S/C16H25N3O3S/c1-23-8-7-13(11-20)17-15(21)10-19-16(22)9-12-5-3-2-4-6-14(12)18-19/h9,13,20H,2-8,10-11H2,1H3,(H,17,21)/t13-/m0/s1. The minimum Gasteiger partial charge on any atom is -0.394 e. The summed E-state index contributed by atoms with van der Waals surface area (Å²) in [5, 5.41) is 16.5. The largest absolute Gasteiger partial charge is 0.394 e. The number of aromatic nitrogens is 2. The Bertz CT molecular complexity index is 588. The number of carbonyl (C=O) groups is 1. The highest BCUT2D eigenvalue weighted by Crippen LogP contribution is 2.16. The molecule has 128 valence electrons. The van der Waals surface area contributed by atoms with Crippen LogP contribution < -0.4 is 10.9 Å². The number of nitrogens with one attached hydrogen (secondary N) is 1. The molecule has 0 unspecified atom stereocenters. The minimum absolute atomic E-state index is 0.0954. The topological polar surface area (TPSA) is 84.2 Å². The molecule has 1 aliphatic carbocycles. The molecule has 0 aromatic carbocycles. The lowest BCUT2D eigenvalue weighted by Gasteiger charge is -2.16. The molecule has 6 nitrogen and oxygen atoms in total. The molecular weight excluding hydrogens is 314 g/mol. The number of carbonyl (C=O) groups excluding carboxylic acids is 1. The van der Waals surface area contributed by atoms with Crippen molar-refractivity contribution in [2.75, 3.05) is 18.6 Å². The van der Waals surface area contributed by atoms with Crippen molar-refractivity contribution in [3.63, 3.8) is 0 Å². The summed E-state index contributed by atoms with van der Waals surface area (Å²) in [6.45, 7) is -0.194. The van der Waals surface area contributed by atoms with Crippen molar-refractivity contribution >= 4 is 17.7 Å². The molecule has 1 heterocycles. The van der Waals surface area contributed by atoms with Crippen LogP contribution >= 0.6 is 11.8 Å². The number of amides is 1. The maximum atomic E-state index is 12.1. The van der Waals surface area contributed by atoms with Gasteiger partial charge in [-0.05, 0) is 49.7 Å². The normalized spacial score (nSPS) is 15.6. The number of thioether (sulfide) groups is 1. The zero-order valence-electron chi connectivity index (χ0n) is 13.6. The molecule has 0 saturated carbocycles. The average molecular weight is 339 g/mol. The Labute approximate surface area is 140 Å². The van der Waals surface area contributed by atoms with Gasteiger partial charge in [0, 0.05) is 6.07 Å². The van der Waals surface area contributed by atoms with Crippen LogP contribution in [0.15, 0.2) is 10.9 Å². The van der Waals surface area contributed by atoms with Crippen LogP contribution in [0.25, 0.3) is 0 Å². The number of nitrogens with zero attached hydrogens (tertiary/aromatic N) is 2. The van der Waals surface area contributed by atoms with Gasteiger partial charge in [-0.25, -0.2) is 4.68 Å². The van der Waals surface area contributed by atoms with E-state index < -0.39 is 0 Å². The van der Waals surface area contributed by atoms with Gasteiger partial charge in [0.05, 0.1) is 18.3 Å². The van der Waals surface area contributed by atoms with Crippen LogP contribution in [0.2, 0.25) is 0 Å². The lowest BCUT2D eigenvalue weighted by atomic mass is 10.1. The molecule has 0 fully saturated rings. The zero-order chi connectivity index (χ0) is 16.7. The van der Waals surface area contributed by atoms with E-state index in [-0.39, 0.29) is 30.7 Å². The predicted molar refractivity (Wildman–Crippen MR) is 91.8 cm³/mol. The predicted octanol–water partition coefficient (Wildman–Crippen LogP) is 0.742. The molecule has 23 heavy (non-hydrogen) atoms. The quantitative estimate of drug-likeness (QED) is 0.716. The third-order valence-electron chi connectivity index (χ3n) is 4.07. The fourth-order valence-corrected chi connectivity index (χ4v) is 3.29. The number of hydrogen-bond donors (Lipinski definition) is 2. The van der Waals surface area contributed by atoms with E-state index in [0.717, 1.165) is 49.1 Å². The fraction of sp³-hybridized carbons (Fsp3) is 0.688. The molecular formula is C16H25N3O3S. The van der Waals surface area contributed by atoms with E-state index in [2.05, 4.69) is 10.4 Å². The monoisotopic (exact) mass is 339 g/mol. The number of aliphatic hydroxyl groups excluding tert-OH is 1. The summed E-state index contributed by atoms with van der Waals surface area (Å²) in [5.41, 5.74) is 1.74. The van der Waals surface area contributed by atoms with Crippen LogP contribution in [0.3, 0.4) is 0 Å². The molecule has 1 atom stereocenters. The number of aryl methyl sites for hydroxylation is 2. The summed E-state index contributed by atoms with van der Waals surface area (Å²) in [6.07, 6.45) is 7.76. The summed E-state index contributed by atoms with van der Waals surface area (Å²) in [6, 6.07) is 1.35. The van der Waals surface area contributed by atoms with Crippen LogP contribution in [0.1, 0.15) is 36.9 Å². The first-order chi connectivity index (χ1) is 11.1. The first-order valence-electron chi connectivity index (χ1n) is 8.13. The Kier molecular flexibility index (Phi) is 7.11. The highest BCUT2D eigenvalue weighted by Gasteiger charge is 2.15. The maximum Gasteiger partial charge on any atom is 0.267 e. The molecule has 1 aromatic heterocycles. The molecule has 1 aromatic rings. The second kappa shape index (κ2) is 9.08. The Morgan fingerprint density at radius 2 is 2.22 bits per heavy atom. The summed E-state index contributed by atoms with van der Waals surface area (Å²) in [4.78, 5) is 24.2. The van der Waals surface area contributed by atoms with Crippen molar-refractivity contribution in [2.24, 2.45) is 0 Å². The van der Waals surface area contributed by atoms with Gasteiger partial charge in [0.2, 0.25) is 5.91 Å². The van der Waals surface area contributed by atoms with Crippen molar-refractivity contribution in [3.8, 4) is 0 Å². The Morgan fingerprint density at radius 1 is 1.43 bits per heavy atom. The number of aliphatic hydroxyl groups is 1. The van der Waals surface area contributed by atoms with Gasteiger partial charge >= 0.3 is 0 Å². The van der Waals surface area contributed by atoms with Crippen LogP contribution in [0.4, 0.5) is 0 Å². The molecule has 2 N–H and O–H groups in total. The zero-order valence-corrected chi connectivity index (χ0v) is 14.4.